The summed E-state index contributed by atoms with van der Waals surface area (Å²) < 4.78 is 0. The second-order valence-corrected chi connectivity index (χ2v) is 3.78. The quantitative estimate of drug-likeness (QED) is 0.443. The van der Waals surface area contributed by atoms with Crippen LogP contribution in [0.15, 0.2) is 30.4 Å². The van der Waals surface area contributed by atoms with Crippen molar-refractivity contribution in [2.24, 2.45) is 0 Å². The van der Waals surface area contributed by atoms with Crippen molar-refractivity contribution in [3.05, 3.63) is 46.0 Å². The van der Waals surface area contributed by atoms with Crippen molar-refractivity contribution >= 4 is 11.4 Å². The maximum absolute atomic E-state index is 10.7. The van der Waals surface area contributed by atoms with Crippen LogP contribution in [0.25, 0.3) is 0 Å². The molecule has 1 aliphatic heterocycles. The number of hydrogen-bond donors (Lipinski definition) is 0. The molecule has 0 bridgehead atoms. The molecule has 0 radical (unpaired) electrons. The van der Waals surface area contributed by atoms with Crippen LogP contribution in [0.2, 0.25) is 0 Å². The standard InChI is InChI=1S/C12H11N3O2/c13-9-10-8-11(4-5-12(10)15(16)17)14-6-2-1-3-7-14/h1-2,4-5,8H,3,6-7H2. The van der Waals surface area contributed by atoms with E-state index in [2.05, 4.69) is 17.1 Å². The molecule has 2 rings (SSSR count). The molecule has 1 aromatic rings. The second-order valence-electron chi connectivity index (χ2n) is 3.78. The summed E-state index contributed by atoms with van der Waals surface area (Å²) in [5, 5.41) is 19.6. The average molecular weight is 229 g/mol. The molecule has 1 heterocycles. The lowest BCUT2D eigenvalue weighted by molar-refractivity contribution is -0.385. The van der Waals surface area contributed by atoms with E-state index in [-0.39, 0.29) is 11.3 Å². The van der Waals surface area contributed by atoms with Crippen LogP contribution in [0, 0.1) is 21.4 Å². The lowest BCUT2D eigenvalue weighted by atomic mass is 10.1. The Morgan fingerprint density at radius 1 is 1.41 bits per heavy atom. The summed E-state index contributed by atoms with van der Waals surface area (Å²) in [6.45, 7) is 1.65. The third-order valence-corrected chi connectivity index (χ3v) is 2.72. The van der Waals surface area contributed by atoms with Gasteiger partial charge in [-0.2, -0.15) is 5.26 Å². The molecular formula is C12H11N3O2. The lowest BCUT2D eigenvalue weighted by Crippen LogP contribution is -2.26. The summed E-state index contributed by atoms with van der Waals surface area (Å²) >= 11 is 0. The third kappa shape index (κ3) is 2.26. The first-order chi connectivity index (χ1) is 8.22. The van der Waals surface area contributed by atoms with Gasteiger partial charge in [-0.15, -0.1) is 0 Å². The fourth-order valence-electron chi connectivity index (χ4n) is 1.85. The molecule has 0 aromatic heterocycles. The van der Waals surface area contributed by atoms with Gasteiger partial charge in [0.1, 0.15) is 11.6 Å². The van der Waals surface area contributed by atoms with Gasteiger partial charge in [-0.25, -0.2) is 0 Å². The highest BCUT2D eigenvalue weighted by Gasteiger charge is 2.16. The summed E-state index contributed by atoms with van der Waals surface area (Å²) in [5.74, 6) is 0. The molecule has 0 N–H and O–H groups in total. The SMILES string of the molecule is N#Cc1cc(N2CC=CCC2)ccc1[N+](=O)[O-]. The minimum Gasteiger partial charge on any atom is -0.367 e. The maximum Gasteiger partial charge on any atom is 0.287 e. The predicted molar refractivity (Wildman–Crippen MR) is 63.8 cm³/mol. The van der Waals surface area contributed by atoms with E-state index < -0.39 is 4.92 Å². The summed E-state index contributed by atoms with van der Waals surface area (Å²) in [6.07, 6.45) is 5.11. The zero-order valence-corrected chi connectivity index (χ0v) is 9.17. The highest BCUT2D eigenvalue weighted by molar-refractivity contribution is 5.60. The van der Waals surface area contributed by atoms with Crippen molar-refractivity contribution in [1.82, 2.24) is 0 Å². The molecule has 17 heavy (non-hydrogen) atoms. The van der Waals surface area contributed by atoms with Crippen LogP contribution in [0.4, 0.5) is 11.4 Å². The van der Waals surface area contributed by atoms with E-state index in [9.17, 15) is 10.1 Å². The number of nitrogens with zero attached hydrogens (tertiary/aromatic N) is 3. The topological polar surface area (TPSA) is 70.2 Å². The summed E-state index contributed by atoms with van der Waals surface area (Å²) in [6, 6.07) is 6.54. The van der Waals surface area contributed by atoms with Crippen LogP contribution < -0.4 is 4.90 Å². The smallest absolute Gasteiger partial charge is 0.287 e. The molecule has 1 aromatic carbocycles. The van der Waals surface area contributed by atoms with Gasteiger partial charge < -0.3 is 4.90 Å². The van der Waals surface area contributed by atoms with E-state index in [0.717, 1.165) is 25.2 Å². The van der Waals surface area contributed by atoms with Gasteiger partial charge in [-0.05, 0) is 18.6 Å². The molecule has 0 saturated heterocycles. The fourth-order valence-corrected chi connectivity index (χ4v) is 1.85. The molecule has 0 saturated carbocycles. The molecule has 86 valence electrons. The van der Waals surface area contributed by atoms with Crippen molar-refractivity contribution in [3.63, 3.8) is 0 Å². The summed E-state index contributed by atoms with van der Waals surface area (Å²) in [5.41, 5.74) is 0.836. The first-order valence-corrected chi connectivity index (χ1v) is 5.31. The summed E-state index contributed by atoms with van der Waals surface area (Å²) in [4.78, 5) is 12.3. The molecule has 0 unspecified atom stereocenters. The molecular weight excluding hydrogens is 218 g/mol. The Morgan fingerprint density at radius 2 is 2.24 bits per heavy atom. The predicted octanol–water partition coefficient (Wildman–Crippen LogP) is 2.23. The Bertz CT molecular complexity index is 517. The molecule has 5 heteroatoms. The Labute approximate surface area is 98.7 Å². The minimum absolute atomic E-state index is 0.113. The van der Waals surface area contributed by atoms with Gasteiger partial charge in [0.2, 0.25) is 0 Å². The molecule has 0 atom stereocenters. The van der Waals surface area contributed by atoms with Gasteiger partial charge in [-0.1, -0.05) is 12.2 Å². The van der Waals surface area contributed by atoms with E-state index in [1.165, 1.54) is 6.07 Å². The van der Waals surface area contributed by atoms with Crippen molar-refractivity contribution in [1.29, 1.82) is 5.26 Å². The van der Waals surface area contributed by atoms with Gasteiger partial charge in [0.15, 0.2) is 0 Å². The average Bonchev–Trinajstić information content (AvgIpc) is 2.39. The zero-order chi connectivity index (χ0) is 12.3. The molecule has 0 amide bonds. The molecule has 0 spiro atoms. The number of benzene rings is 1. The van der Waals surface area contributed by atoms with Crippen molar-refractivity contribution in [3.8, 4) is 6.07 Å². The number of nitriles is 1. The normalized spacial score (nSPS) is 14.4. The van der Waals surface area contributed by atoms with Gasteiger partial charge in [0.25, 0.3) is 5.69 Å². The number of rotatable bonds is 2. The monoisotopic (exact) mass is 229 g/mol. The first-order valence-electron chi connectivity index (χ1n) is 5.31. The summed E-state index contributed by atoms with van der Waals surface area (Å²) in [7, 11) is 0. The molecule has 5 nitrogen and oxygen atoms in total. The van der Waals surface area contributed by atoms with Crippen LogP contribution in [-0.2, 0) is 0 Å². The number of anilines is 1. The largest absolute Gasteiger partial charge is 0.367 e. The zero-order valence-electron chi connectivity index (χ0n) is 9.17. The van der Waals surface area contributed by atoms with E-state index >= 15 is 0 Å². The maximum atomic E-state index is 10.7. The Hall–Kier alpha value is -2.35. The Balaban J connectivity index is 2.35. The van der Waals surface area contributed by atoms with Crippen molar-refractivity contribution in [2.45, 2.75) is 6.42 Å². The van der Waals surface area contributed by atoms with Gasteiger partial charge in [-0.3, -0.25) is 10.1 Å². The highest BCUT2D eigenvalue weighted by Crippen LogP contribution is 2.25. The second kappa shape index (κ2) is 4.66. The van der Waals surface area contributed by atoms with E-state index in [1.54, 1.807) is 12.1 Å². The first kappa shape index (κ1) is 11.1. The van der Waals surface area contributed by atoms with E-state index in [0.29, 0.717) is 0 Å². The van der Waals surface area contributed by atoms with Crippen LogP contribution in [-0.4, -0.2) is 18.0 Å². The lowest BCUT2D eigenvalue weighted by Gasteiger charge is -2.25. The van der Waals surface area contributed by atoms with Crippen molar-refractivity contribution in [2.75, 3.05) is 18.0 Å². The number of nitro groups is 1. The van der Waals surface area contributed by atoms with Crippen LogP contribution in [0.3, 0.4) is 0 Å². The van der Waals surface area contributed by atoms with Crippen molar-refractivity contribution < 1.29 is 4.92 Å². The Kier molecular flexibility index (Phi) is 3.06. The fraction of sp³-hybridized carbons (Fsp3) is 0.250. The van der Waals surface area contributed by atoms with Crippen LogP contribution in [0.1, 0.15) is 12.0 Å². The van der Waals surface area contributed by atoms with Gasteiger partial charge in [0.05, 0.1) is 4.92 Å². The molecule has 0 fully saturated rings. The van der Waals surface area contributed by atoms with Crippen LogP contribution in [0.5, 0.6) is 0 Å². The molecule has 0 aliphatic carbocycles. The van der Waals surface area contributed by atoms with Gasteiger partial charge in [0, 0.05) is 24.8 Å². The number of hydrogen-bond acceptors (Lipinski definition) is 4. The Morgan fingerprint density at radius 3 is 2.82 bits per heavy atom. The number of nitro benzene ring substituents is 1. The van der Waals surface area contributed by atoms with E-state index in [4.69, 9.17) is 5.26 Å². The molecule has 1 aliphatic rings. The van der Waals surface area contributed by atoms with E-state index in [1.807, 2.05) is 6.07 Å². The van der Waals surface area contributed by atoms with Gasteiger partial charge >= 0.3 is 0 Å². The third-order valence-electron chi connectivity index (χ3n) is 2.72. The minimum atomic E-state index is -0.529. The van der Waals surface area contributed by atoms with Crippen LogP contribution >= 0.6 is 0 Å². The highest BCUT2D eigenvalue weighted by atomic mass is 16.6.